The van der Waals surface area contributed by atoms with Crippen molar-refractivity contribution in [2.45, 2.75) is 13.0 Å². The average molecular weight is 140 g/mol. The second-order valence-electron chi connectivity index (χ2n) is 2.19. The third-order valence-corrected chi connectivity index (χ3v) is 1.29. The van der Waals surface area contributed by atoms with Gasteiger partial charge in [0, 0.05) is 16.4 Å². The van der Waals surface area contributed by atoms with E-state index in [2.05, 4.69) is 0 Å². The van der Waals surface area contributed by atoms with Gasteiger partial charge in [-0.3, -0.25) is 5.21 Å². The molecule has 2 N–H and O–H groups in total. The molecule has 0 aliphatic rings. The molecule has 0 bridgehead atoms. The zero-order valence-electron chi connectivity index (χ0n) is 5.73. The molecule has 0 spiro atoms. The second-order valence-corrected chi connectivity index (χ2v) is 2.19. The molecule has 1 atom stereocenters. The maximum absolute atomic E-state index is 9.02. The van der Waals surface area contributed by atoms with E-state index in [1.807, 2.05) is 0 Å². The zero-order valence-corrected chi connectivity index (χ0v) is 5.73. The van der Waals surface area contributed by atoms with Crippen LogP contribution in [0.1, 0.15) is 18.6 Å². The molecule has 1 heterocycles. The lowest BCUT2D eigenvalue weighted by atomic mass is 10.2. The lowest BCUT2D eigenvalue weighted by Gasteiger charge is -1.98. The molecule has 0 saturated carbocycles. The topological polar surface area (TPSA) is 44.3 Å². The summed E-state index contributed by atoms with van der Waals surface area (Å²) >= 11 is 0. The van der Waals surface area contributed by atoms with Crippen molar-refractivity contribution in [3.05, 3.63) is 30.1 Å². The highest BCUT2D eigenvalue weighted by atomic mass is 16.5. The molecule has 3 heteroatoms. The Morgan fingerprint density at radius 2 is 2.30 bits per heavy atom. The van der Waals surface area contributed by atoms with E-state index in [0.29, 0.717) is 5.56 Å². The van der Waals surface area contributed by atoms with E-state index in [0.717, 1.165) is 4.73 Å². The molecule has 0 aliphatic heterocycles. The van der Waals surface area contributed by atoms with Crippen molar-refractivity contribution in [2.75, 3.05) is 0 Å². The van der Waals surface area contributed by atoms with Gasteiger partial charge in [-0.25, -0.2) is 0 Å². The van der Waals surface area contributed by atoms with Crippen LogP contribution in [0.5, 0.6) is 0 Å². The Bertz CT molecular complexity index is 223. The van der Waals surface area contributed by atoms with Crippen LogP contribution in [0.4, 0.5) is 0 Å². The third-order valence-electron chi connectivity index (χ3n) is 1.29. The number of aliphatic hydroxyl groups is 1. The fraction of sp³-hybridized carbons (Fsp3) is 0.286. The Hall–Kier alpha value is -1.09. The summed E-state index contributed by atoms with van der Waals surface area (Å²) in [6, 6.07) is 3.42. The maximum Gasteiger partial charge on any atom is 0.228 e. The largest absolute Gasteiger partial charge is 0.388 e. The third kappa shape index (κ3) is 1.45. The molecule has 0 aromatic carbocycles. The number of hydrogen-bond acceptors (Lipinski definition) is 2. The summed E-state index contributed by atoms with van der Waals surface area (Å²) in [5, 5.41) is 17.9. The van der Waals surface area contributed by atoms with Crippen molar-refractivity contribution >= 4 is 0 Å². The number of hydrogen-bond donors (Lipinski definition) is 2. The van der Waals surface area contributed by atoms with Crippen LogP contribution in [0.25, 0.3) is 0 Å². The number of aromatic nitrogens is 1. The summed E-state index contributed by atoms with van der Waals surface area (Å²) in [5.74, 6) is 0. The molecular formula is C7H10NO2+. The Morgan fingerprint density at radius 3 is 2.70 bits per heavy atom. The summed E-state index contributed by atoms with van der Waals surface area (Å²) < 4.78 is 0.919. The van der Waals surface area contributed by atoms with Gasteiger partial charge in [0.25, 0.3) is 0 Å². The standard InChI is InChI=1S/C7H10NO2/c1-6(9)7-3-2-4-8(10)5-7/h2-6,9-10H,1H3/q+1. The second kappa shape index (κ2) is 2.66. The molecular weight excluding hydrogens is 130 g/mol. The molecule has 1 aromatic heterocycles. The van der Waals surface area contributed by atoms with Crippen molar-refractivity contribution in [1.29, 1.82) is 0 Å². The molecule has 0 radical (unpaired) electrons. The Kier molecular flexibility index (Phi) is 1.87. The number of nitrogens with zero attached hydrogens (tertiary/aromatic N) is 1. The van der Waals surface area contributed by atoms with E-state index >= 15 is 0 Å². The first-order chi connectivity index (χ1) is 4.70. The van der Waals surface area contributed by atoms with Gasteiger partial charge >= 0.3 is 0 Å². The predicted molar refractivity (Wildman–Crippen MR) is 34.5 cm³/mol. The predicted octanol–water partition coefficient (Wildman–Crippen LogP) is 0.265. The van der Waals surface area contributed by atoms with Crippen LogP contribution in [0.15, 0.2) is 24.5 Å². The van der Waals surface area contributed by atoms with Crippen molar-refractivity contribution in [3.63, 3.8) is 0 Å². The van der Waals surface area contributed by atoms with Gasteiger partial charge in [0.05, 0.1) is 6.10 Å². The van der Waals surface area contributed by atoms with Gasteiger partial charge in [0.2, 0.25) is 12.4 Å². The van der Waals surface area contributed by atoms with Crippen LogP contribution >= 0.6 is 0 Å². The van der Waals surface area contributed by atoms with E-state index in [1.165, 1.54) is 12.4 Å². The molecule has 1 unspecified atom stereocenters. The summed E-state index contributed by atoms with van der Waals surface area (Å²) in [4.78, 5) is 0. The molecule has 0 fully saturated rings. The van der Waals surface area contributed by atoms with Crippen LogP contribution in [-0.4, -0.2) is 10.3 Å². The van der Waals surface area contributed by atoms with Gasteiger partial charge in [-0.1, -0.05) is 0 Å². The Morgan fingerprint density at radius 1 is 1.60 bits per heavy atom. The van der Waals surface area contributed by atoms with Crippen molar-refractivity contribution in [1.82, 2.24) is 0 Å². The van der Waals surface area contributed by atoms with Crippen LogP contribution in [-0.2, 0) is 0 Å². The summed E-state index contributed by atoms with van der Waals surface area (Å²) in [6.07, 6.45) is 2.43. The highest BCUT2D eigenvalue weighted by Crippen LogP contribution is 2.06. The molecule has 0 saturated heterocycles. The number of pyridine rings is 1. The number of aliphatic hydroxyl groups excluding tert-OH is 1. The van der Waals surface area contributed by atoms with Crippen LogP contribution in [0.3, 0.4) is 0 Å². The van der Waals surface area contributed by atoms with Crippen molar-refractivity contribution in [3.8, 4) is 0 Å². The maximum atomic E-state index is 9.02. The fourth-order valence-corrected chi connectivity index (χ4v) is 0.728. The molecule has 3 nitrogen and oxygen atoms in total. The highest BCUT2D eigenvalue weighted by molar-refractivity contribution is 5.07. The molecule has 54 valence electrons. The first kappa shape index (κ1) is 7.02. The van der Waals surface area contributed by atoms with E-state index in [-0.39, 0.29) is 0 Å². The summed E-state index contributed by atoms with van der Waals surface area (Å²) in [6.45, 7) is 1.65. The quantitative estimate of drug-likeness (QED) is 0.434. The Labute approximate surface area is 59.1 Å². The molecule has 10 heavy (non-hydrogen) atoms. The van der Waals surface area contributed by atoms with Gasteiger partial charge < -0.3 is 5.11 Å². The molecule has 1 aromatic rings. The van der Waals surface area contributed by atoms with Gasteiger partial charge in [0.15, 0.2) is 0 Å². The summed E-state index contributed by atoms with van der Waals surface area (Å²) in [5.41, 5.74) is 0.699. The smallest absolute Gasteiger partial charge is 0.228 e. The van der Waals surface area contributed by atoms with Crippen LogP contribution in [0.2, 0.25) is 0 Å². The van der Waals surface area contributed by atoms with E-state index in [9.17, 15) is 0 Å². The molecule has 0 aliphatic carbocycles. The summed E-state index contributed by atoms with van der Waals surface area (Å²) in [7, 11) is 0. The Balaban J connectivity index is 2.96. The SMILES string of the molecule is CC(O)c1ccc[n+](O)c1. The van der Waals surface area contributed by atoms with Crippen LogP contribution < -0.4 is 4.73 Å². The first-order valence-electron chi connectivity index (χ1n) is 3.08. The highest BCUT2D eigenvalue weighted by Gasteiger charge is 2.04. The molecule has 0 amide bonds. The van der Waals surface area contributed by atoms with Crippen molar-refractivity contribution in [2.24, 2.45) is 0 Å². The minimum Gasteiger partial charge on any atom is -0.388 e. The monoisotopic (exact) mass is 140 g/mol. The minimum atomic E-state index is -0.528. The van der Waals surface area contributed by atoms with E-state index < -0.39 is 6.10 Å². The van der Waals surface area contributed by atoms with Crippen LogP contribution in [0, 0.1) is 0 Å². The lowest BCUT2D eigenvalue weighted by Crippen LogP contribution is -2.29. The minimum absolute atomic E-state index is 0.528. The fourth-order valence-electron chi connectivity index (χ4n) is 0.728. The van der Waals surface area contributed by atoms with Gasteiger partial charge in [-0.15, -0.1) is 0 Å². The molecule has 1 rings (SSSR count). The normalized spacial score (nSPS) is 13.0. The van der Waals surface area contributed by atoms with Gasteiger partial charge in [0.1, 0.15) is 0 Å². The van der Waals surface area contributed by atoms with E-state index in [1.54, 1.807) is 19.1 Å². The van der Waals surface area contributed by atoms with Crippen molar-refractivity contribution < 1.29 is 15.0 Å². The van der Waals surface area contributed by atoms with Gasteiger partial charge in [-0.05, 0) is 13.0 Å². The first-order valence-corrected chi connectivity index (χ1v) is 3.08. The van der Waals surface area contributed by atoms with E-state index in [4.69, 9.17) is 10.3 Å². The number of rotatable bonds is 1. The zero-order chi connectivity index (χ0) is 7.56. The average Bonchev–Trinajstić information content (AvgIpc) is 1.88. The lowest BCUT2D eigenvalue weighted by molar-refractivity contribution is -0.905. The van der Waals surface area contributed by atoms with Gasteiger partial charge in [-0.2, -0.15) is 0 Å².